The van der Waals surface area contributed by atoms with Crippen molar-refractivity contribution >= 4 is 15.5 Å². The fraction of sp³-hybridized carbons (Fsp3) is 0.368. The standard InChI is InChI=1S/C19H22N2O2S/c1-13-12-20-10-9-18-19(13)16-11-15(7-8-17(16)21-18)24(22,23)14-5-3-2-4-6-14/h2-8,11,13,18-21H,9-10,12H2,1H3/t13?,18-,19-/m1/s1. The maximum absolute atomic E-state index is 12.9. The summed E-state index contributed by atoms with van der Waals surface area (Å²) >= 11 is 0. The fourth-order valence-corrected chi connectivity index (χ4v) is 5.34. The van der Waals surface area contributed by atoms with E-state index >= 15 is 0 Å². The maximum atomic E-state index is 12.9. The topological polar surface area (TPSA) is 58.2 Å². The summed E-state index contributed by atoms with van der Waals surface area (Å²) in [5, 5.41) is 7.06. The van der Waals surface area contributed by atoms with Crippen LogP contribution in [0.5, 0.6) is 0 Å². The molecule has 0 aliphatic carbocycles. The van der Waals surface area contributed by atoms with Crippen LogP contribution >= 0.6 is 0 Å². The lowest BCUT2D eigenvalue weighted by atomic mass is 9.84. The Bertz CT molecular complexity index is 849. The Morgan fingerprint density at radius 3 is 2.62 bits per heavy atom. The van der Waals surface area contributed by atoms with E-state index in [9.17, 15) is 8.42 Å². The first-order valence-electron chi connectivity index (χ1n) is 8.49. The van der Waals surface area contributed by atoms with E-state index in [1.54, 1.807) is 30.3 Å². The van der Waals surface area contributed by atoms with Crippen LogP contribution in [0.2, 0.25) is 0 Å². The molecule has 2 aromatic carbocycles. The highest BCUT2D eigenvalue weighted by molar-refractivity contribution is 7.91. The summed E-state index contributed by atoms with van der Waals surface area (Å²) in [4.78, 5) is 0.738. The van der Waals surface area contributed by atoms with Crippen LogP contribution in [0.1, 0.15) is 24.8 Å². The minimum absolute atomic E-state index is 0.350. The van der Waals surface area contributed by atoms with E-state index in [0.29, 0.717) is 27.7 Å². The van der Waals surface area contributed by atoms with E-state index in [2.05, 4.69) is 17.6 Å². The highest BCUT2D eigenvalue weighted by Gasteiger charge is 2.37. The molecule has 24 heavy (non-hydrogen) atoms. The SMILES string of the molecule is CC1CNCC[C@H]2Nc3ccc(S(=O)(=O)c4ccccc4)cc3[C@@H]12. The van der Waals surface area contributed by atoms with Crippen LogP contribution in [0.15, 0.2) is 58.3 Å². The van der Waals surface area contributed by atoms with Gasteiger partial charge in [-0.25, -0.2) is 8.42 Å². The van der Waals surface area contributed by atoms with Gasteiger partial charge in [-0.3, -0.25) is 0 Å². The van der Waals surface area contributed by atoms with Crippen molar-refractivity contribution in [3.05, 3.63) is 54.1 Å². The minimum Gasteiger partial charge on any atom is -0.381 e. The molecule has 2 aliphatic heterocycles. The molecule has 2 aliphatic rings. The van der Waals surface area contributed by atoms with Gasteiger partial charge in [-0.2, -0.15) is 0 Å². The number of hydrogen-bond donors (Lipinski definition) is 2. The number of nitrogens with one attached hydrogen (secondary N) is 2. The van der Waals surface area contributed by atoms with Crippen molar-refractivity contribution in [1.82, 2.24) is 5.32 Å². The lowest BCUT2D eigenvalue weighted by Gasteiger charge is -2.22. The van der Waals surface area contributed by atoms with Gasteiger partial charge < -0.3 is 10.6 Å². The van der Waals surface area contributed by atoms with Gasteiger partial charge in [0.2, 0.25) is 9.84 Å². The monoisotopic (exact) mass is 342 g/mol. The first kappa shape index (κ1) is 15.7. The molecule has 0 spiro atoms. The van der Waals surface area contributed by atoms with E-state index in [1.165, 1.54) is 0 Å². The third kappa shape index (κ3) is 2.52. The first-order chi connectivity index (χ1) is 11.6. The van der Waals surface area contributed by atoms with Crippen molar-refractivity contribution in [2.45, 2.75) is 35.1 Å². The molecule has 1 saturated heterocycles. The van der Waals surface area contributed by atoms with Gasteiger partial charge in [0.1, 0.15) is 0 Å². The van der Waals surface area contributed by atoms with Crippen molar-refractivity contribution in [2.75, 3.05) is 18.4 Å². The van der Waals surface area contributed by atoms with Crippen molar-refractivity contribution in [3.8, 4) is 0 Å². The second-order valence-corrected chi connectivity index (χ2v) is 8.76. The van der Waals surface area contributed by atoms with Gasteiger partial charge in [-0.05, 0) is 61.3 Å². The fourth-order valence-electron chi connectivity index (χ4n) is 4.03. The summed E-state index contributed by atoms with van der Waals surface area (Å²) in [5.74, 6) is 0.835. The molecule has 2 aromatic rings. The van der Waals surface area contributed by atoms with Gasteiger partial charge in [-0.1, -0.05) is 25.1 Å². The molecule has 3 atom stereocenters. The van der Waals surface area contributed by atoms with Crippen LogP contribution in [0.3, 0.4) is 0 Å². The molecule has 0 aromatic heterocycles. The van der Waals surface area contributed by atoms with E-state index < -0.39 is 9.84 Å². The maximum Gasteiger partial charge on any atom is 0.206 e. The van der Waals surface area contributed by atoms with Gasteiger partial charge >= 0.3 is 0 Å². The molecule has 0 amide bonds. The highest BCUT2D eigenvalue weighted by atomic mass is 32.2. The van der Waals surface area contributed by atoms with Gasteiger partial charge in [0.05, 0.1) is 9.79 Å². The Labute approximate surface area is 143 Å². The van der Waals surface area contributed by atoms with Gasteiger partial charge in [0.25, 0.3) is 0 Å². The molecule has 0 radical (unpaired) electrons. The third-order valence-electron chi connectivity index (χ3n) is 5.23. The molecule has 0 bridgehead atoms. The second-order valence-electron chi connectivity index (χ2n) is 6.81. The molecule has 126 valence electrons. The quantitative estimate of drug-likeness (QED) is 0.881. The molecule has 4 rings (SSSR count). The molecular formula is C19H22N2O2S. The lowest BCUT2D eigenvalue weighted by molar-refractivity contribution is 0.443. The molecule has 1 unspecified atom stereocenters. The van der Waals surface area contributed by atoms with E-state index in [4.69, 9.17) is 0 Å². The second kappa shape index (κ2) is 5.90. The van der Waals surface area contributed by atoms with Crippen molar-refractivity contribution < 1.29 is 8.42 Å². The van der Waals surface area contributed by atoms with Crippen molar-refractivity contribution in [3.63, 3.8) is 0 Å². The summed E-state index contributed by atoms with van der Waals surface area (Å²) in [6.07, 6.45) is 1.06. The predicted molar refractivity (Wildman–Crippen MR) is 95.1 cm³/mol. The Hall–Kier alpha value is -1.85. The number of fused-ring (bicyclic) bond motifs is 3. The summed E-state index contributed by atoms with van der Waals surface area (Å²) < 4.78 is 25.8. The van der Waals surface area contributed by atoms with E-state index in [1.807, 2.05) is 18.2 Å². The first-order valence-corrected chi connectivity index (χ1v) is 9.97. The Balaban J connectivity index is 1.77. The Morgan fingerprint density at radius 2 is 1.83 bits per heavy atom. The van der Waals surface area contributed by atoms with Crippen molar-refractivity contribution in [1.29, 1.82) is 0 Å². The zero-order chi connectivity index (χ0) is 16.7. The van der Waals surface area contributed by atoms with E-state index in [0.717, 1.165) is 30.8 Å². The number of sulfone groups is 1. The third-order valence-corrected chi connectivity index (χ3v) is 7.00. The number of rotatable bonds is 2. The molecular weight excluding hydrogens is 320 g/mol. The summed E-state index contributed by atoms with van der Waals surface area (Å²) in [7, 11) is -3.47. The molecule has 1 fully saturated rings. The van der Waals surface area contributed by atoms with Crippen molar-refractivity contribution in [2.24, 2.45) is 5.92 Å². The molecule has 2 heterocycles. The average molecular weight is 342 g/mol. The number of hydrogen-bond acceptors (Lipinski definition) is 4. The van der Waals surface area contributed by atoms with Crippen LogP contribution in [0, 0.1) is 5.92 Å². The molecule has 0 saturated carbocycles. The zero-order valence-electron chi connectivity index (χ0n) is 13.7. The van der Waals surface area contributed by atoms with Gasteiger partial charge in [0, 0.05) is 17.6 Å². The molecule has 2 N–H and O–H groups in total. The Kier molecular flexibility index (Phi) is 3.85. The number of anilines is 1. The predicted octanol–water partition coefficient (Wildman–Crippen LogP) is 3.03. The minimum atomic E-state index is -3.47. The lowest BCUT2D eigenvalue weighted by Crippen LogP contribution is -2.25. The number of benzene rings is 2. The highest BCUT2D eigenvalue weighted by Crippen LogP contribution is 2.43. The van der Waals surface area contributed by atoms with E-state index in [-0.39, 0.29) is 0 Å². The Morgan fingerprint density at radius 1 is 1.04 bits per heavy atom. The zero-order valence-corrected chi connectivity index (χ0v) is 14.5. The normalized spacial score (nSPS) is 26.1. The van der Waals surface area contributed by atoms with Crippen LogP contribution in [-0.4, -0.2) is 27.5 Å². The molecule has 5 heteroatoms. The van der Waals surface area contributed by atoms with Crippen LogP contribution in [0.4, 0.5) is 5.69 Å². The molecule has 4 nitrogen and oxygen atoms in total. The van der Waals surface area contributed by atoms with Crippen LogP contribution < -0.4 is 10.6 Å². The summed E-state index contributed by atoms with van der Waals surface area (Å²) in [6.45, 7) is 4.21. The summed E-state index contributed by atoms with van der Waals surface area (Å²) in [6, 6.07) is 14.6. The van der Waals surface area contributed by atoms with Gasteiger partial charge in [0.15, 0.2) is 0 Å². The van der Waals surface area contributed by atoms with Crippen LogP contribution in [-0.2, 0) is 9.84 Å². The smallest absolute Gasteiger partial charge is 0.206 e. The average Bonchev–Trinajstić information content (AvgIpc) is 2.86. The van der Waals surface area contributed by atoms with Gasteiger partial charge in [-0.15, -0.1) is 0 Å². The van der Waals surface area contributed by atoms with Crippen LogP contribution in [0.25, 0.3) is 0 Å². The summed E-state index contributed by atoms with van der Waals surface area (Å²) in [5.41, 5.74) is 2.24. The largest absolute Gasteiger partial charge is 0.381 e.